The van der Waals surface area contributed by atoms with Crippen LogP contribution < -0.4 is 4.90 Å². The summed E-state index contributed by atoms with van der Waals surface area (Å²) in [5.74, 6) is -0.312. The molecule has 2 aliphatic rings. The van der Waals surface area contributed by atoms with Crippen molar-refractivity contribution in [3.8, 4) is 0 Å². The van der Waals surface area contributed by atoms with E-state index in [0.717, 1.165) is 30.7 Å². The molecule has 0 radical (unpaired) electrons. The number of morpholine rings is 1. The van der Waals surface area contributed by atoms with Crippen molar-refractivity contribution in [2.24, 2.45) is 0 Å². The molecule has 2 aliphatic heterocycles. The number of aromatic nitrogens is 1. The molecule has 1 unspecified atom stereocenters. The lowest BCUT2D eigenvalue weighted by molar-refractivity contribution is -0.121. The second-order valence-electron chi connectivity index (χ2n) is 9.05. The molecule has 15 heteroatoms. The van der Waals surface area contributed by atoms with E-state index in [1.807, 2.05) is 0 Å². The minimum Gasteiger partial charge on any atom is -0.379 e. The van der Waals surface area contributed by atoms with E-state index in [2.05, 4.69) is 9.88 Å². The minimum atomic E-state index is -3.79. The molecule has 38 heavy (non-hydrogen) atoms. The summed E-state index contributed by atoms with van der Waals surface area (Å²) in [7, 11) is -7.19. The largest absolute Gasteiger partial charge is 0.379 e. The van der Waals surface area contributed by atoms with Gasteiger partial charge in [0.1, 0.15) is 10.3 Å². The van der Waals surface area contributed by atoms with Crippen molar-refractivity contribution >= 4 is 76.2 Å². The van der Waals surface area contributed by atoms with Gasteiger partial charge in [0.25, 0.3) is 10.0 Å². The van der Waals surface area contributed by atoms with E-state index in [-0.39, 0.29) is 34.0 Å². The highest BCUT2D eigenvalue weighted by molar-refractivity contribution is 7.91. The Morgan fingerprint density at radius 2 is 1.92 bits per heavy atom. The second kappa shape index (κ2) is 11.8. The van der Waals surface area contributed by atoms with Crippen LogP contribution in [0.25, 0.3) is 10.2 Å². The molecule has 3 aromatic rings. The molecule has 1 aromatic carbocycles. The van der Waals surface area contributed by atoms with Crippen LogP contribution in [0.4, 0.5) is 5.13 Å². The number of carbonyl (C=O) groups is 1. The van der Waals surface area contributed by atoms with Gasteiger partial charge in [0.2, 0.25) is 5.91 Å². The number of rotatable bonds is 8. The maximum atomic E-state index is 14.0. The van der Waals surface area contributed by atoms with Gasteiger partial charge in [-0.1, -0.05) is 17.4 Å². The molecule has 10 nitrogen and oxygen atoms in total. The van der Waals surface area contributed by atoms with Crippen molar-refractivity contribution in [3.05, 3.63) is 35.7 Å². The number of ether oxygens (including phenoxy) is 1. The van der Waals surface area contributed by atoms with Gasteiger partial charge in [0.05, 0.1) is 28.3 Å². The molecule has 4 heterocycles. The van der Waals surface area contributed by atoms with Crippen LogP contribution in [0.3, 0.4) is 0 Å². The third-order valence-corrected chi connectivity index (χ3v) is 12.0. The summed E-state index contributed by atoms with van der Waals surface area (Å²) in [4.78, 5) is 22.6. The number of benzene rings is 1. The first kappa shape index (κ1) is 29.3. The standard InChI is InChI=1S/C23H28N4O6S4.ClH/c1-36(29,30)17-6-7-18-20(16-17)35-23(24-18)26(10-9-25-11-13-33-14-12-25)22(28)19-4-2-8-27(19)37(31,32)21-5-3-15-34-21;/h3,5-7,15-16,19H,2,4,8-14H2,1H3;1H. The van der Waals surface area contributed by atoms with E-state index < -0.39 is 25.9 Å². The van der Waals surface area contributed by atoms with E-state index >= 15 is 0 Å². The highest BCUT2D eigenvalue weighted by Gasteiger charge is 2.42. The summed E-state index contributed by atoms with van der Waals surface area (Å²) >= 11 is 2.37. The molecule has 0 saturated carbocycles. The Hall–Kier alpha value is -1.65. The third kappa shape index (κ3) is 6.07. The first-order valence-corrected chi connectivity index (χ1v) is 16.9. The van der Waals surface area contributed by atoms with Crippen molar-refractivity contribution in [3.63, 3.8) is 0 Å². The zero-order chi connectivity index (χ0) is 26.2. The highest BCUT2D eigenvalue weighted by Crippen LogP contribution is 2.34. The molecule has 2 fully saturated rings. The Kier molecular flexibility index (Phi) is 9.14. The van der Waals surface area contributed by atoms with Crippen LogP contribution in [0.1, 0.15) is 12.8 Å². The number of thiophene rings is 1. The number of anilines is 1. The SMILES string of the molecule is CS(=O)(=O)c1ccc2nc(N(CCN3CCOCC3)C(=O)C3CCCN3S(=O)(=O)c3cccs3)sc2c1.Cl. The summed E-state index contributed by atoms with van der Waals surface area (Å²) in [6.45, 7) is 3.96. The van der Waals surface area contributed by atoms with Crippen molar-refractivity contribution in [1.82, 2.24) is 14.2 Å². The number of sulfone groups is 1. The molecular formula is C23H29ClN4O6S4. The van der Waals surface area contributed by atoms with E-state index in [1.165, 1.54) is 21.7 Å². The lowest BCUT2D eigenvalue weighted by Crippen LogP contribution is -2.50. The number of carbonyl (C=O) groups excluding carboxylic acids is 1. The molecule has 1 amide bonds. The molecule has 208 valence electrons. The van der Waals surface area contributed by atoms with Gasteiger partial charge in [-0.15, -0.1) is 23.7 Å². The lowest BCUT2D eigenvalue weighted by Gasteiger charge is -2.31. The molecule has 2 saturated heterocycles. The maximum Gasteiger partial charge on any atom is 0.253 e. The van der Waals surface area contributed by atoms with Crippen molar-refractivity contribution in [1.29, 1.82) is 0 Å². The van der Waals surface area contributed by atoms with Crippen molar-refractivity contribution < 1.29 is 26.4 Å². The monoisotopic (exact) mass is 620 g/mol. The zero-order valence-corrected chi connectivity index (χ0v) is 24.8. The van der Waals surface area contributed by atoms with Gasteiger partial charge >= 0.3 is 0 Å². The number of sulfonamides is 1. The Bertz CT molecular complexity index is 1490. The number of thiazole rings is 1. The van der Waals surface area contributed by atoms with Gasteiger partial charge < -0.3 is 4.74 Å². The Morgan fingerprint density at radius 1 is 1.16 bits per heavy atom. The quantitative estimate of drug-likeness (QED) is 0.377. The van der Waals surface area contributed by atoms with Crippen LogP contribution in [0, 0.1) is 0 Å². The third-order valence-electron chi connectivity index (χ3n) is 6.56. The van der Waals surface area contributed by atoms with Crippen LogP contribution in [0.15, 0.2) is 44.8 Å². The lowest BCUT2D eigenvalue weighted by atomic mass is 10.2. The first-order chi connectivity index (χ1) is 17.6. The number of nitrogens with zero attached hydrogens (tertiary/aromatic N) is 4. The van der Waals surface area contributed by atoms with Crippen molar-refractivity contribution in [2.45, 2.75) is 28.0 Å². The fourth-order valence-electron chi connectivity index (χ4n) is 4.59. The van der Waals surface area contributed by atoms with E-state index in [4.69, 9.17) is 4.74 Å². The summed E-state index contributed by atoms with van der Waals surface area (Å²) < 4.78 is 58.4. The van der Waals surface area contributed by atoms with Crippen LogP contribution in [0.5, 0.6) is 0 Å². The predicted molar refractivity (Wildman–Crippen MR) is 151 cm³/mol. The number of halogens is 1. The van der Waals surface area contributed by atoms with Crippen LogP contribution in [-0.2, 0) is 29.4 Å². The highest BCUT2D eigenvalue weighted by atomic mass is 35.5. The molecule has 2 aromatic heterocycles. The summed E-state index contributed by atoms with van der Waals surface area (Å²) in [5.41, 5.74) is 0.589. The Labute approximate surface area is 236 Å². The van der Waals surface area contributed by atoms with E-state index in [0.29, 0.717) is 54.5 Å². The minimum absolute atomic E-state index is 0. The zero-order valence-electron chi connectivity index (χ0n) is 20.7. The molecule has 0 aliphatic carbocycles. The Balaban J connectivity index is 0.00000336. The number of fused-ring (bicyclic) bond motifs is 1. The molecular weight excluding hydrogens is 592 g/mol. The van der Waals surface area contributed by atoms with Gasteiger partial charge in [-0.05, 0) is 42.5 Å². The predicted octanol–water partition coefficient (Wildman–Crippen LogP) is 2.70. The van der Waals surface area contributed by atoms with Gasteiger partial charge in [-0.25, -0.2) is 21.8 Å². The average molecular weight is 621 g/mol. The summed E-state index contributed by atoms with van der Waals surface area (Å²) in [6.07, 6.45) is 2.17. The maximum absolute atomic E-state index is 14.0. The summed E-state index contributed by atoms with van der Waals surface area (Å²) in [6, 6.07) is 7.13. The molecule has 5 rings (SSSR count). The van der Waals surface area contributed by atoms with Crippen molar-refractivity contribution in [2.75, 3.05) is 57.1 Å². The van der Waals surface area contributed by atoms with E-state index in [1.54, 1.807) is 34.5 Å². The topological polar surface area (TPSA) is 117 Å². The molecule has 1 atom stereocenters. The molecule has 0 N–H and O–H groups in total. The number of hydrogen-bond donors (Lipinski definition) is 0. The normalized spacial score (nSPS) is 19.4. The second-order valence-corrected chi connectivity index (χ2v) is 15.1. The fourth-order valence-corrected chi connectivity index (χ4v) is 9.11. The number of amides is 1. The fraction of sp³-hybridized carbons (Fsp3) is 0.478. The van der Waals surface area contributed by atoms with Crippen LogP contribution in [0.2, 0.25) is 0 Å². The van der Waals surface area contributed by atoms with Gasteiger partial charge in [0.15, 0.2) is 15.0 Å². The van der Waals surface area contributed by atoms with Gasteiger partial charge in [-0.2, -0.15) is 4.31 Å². The van der Waals surface area contributed by atoms with Crippen LogP contribution in [-0.4, -0.2) is 95.2 Å². The average Bonchev–Trinajstić information content (AvgIpc) is 3.64. The summed E-state index contributed by atoms with van der Waals surface area (Å²) in [5, 5.41) is 2.14. The van der Waals surface area contributed by atoms with Gasteiger partial charge in [0, 0.05) is 39.0 Å². The Morgan fingerprint density at radius 3 is 2.61 bits per heavy atom. The number of hydrogen-bond acceptors (Lipinski definition) is 10. The molecule has 0 bridgehead atoms. The smallest absolute Gasteiger partial charge is 0.253 e. The van der Waals surface area contributed by atoms with Crippen LogP contribution >= 0.6 is 35.1 Å². The van der Waals surface area contributed by atoms with E-state index in [9.17, 15) is 21.6 Å². The first-order valence-electron chi connectivity index (χ1n) is 11.9. The van der Waals surface area contributed by atoms with Gasteiger partial charge in [-0.3, -0.25) is 14.6 Å². The molecule has 0 spiro atoms.